The fourth-order valence-electron chi connectivity index (χ4n) is 10.6. The van der Waals surface area contributed by atoms with Gasteiger partial charge in [-0.15, -0.1) is 0 Å². The summed E-state index contributed by atoms with van der Waals surface area (Å²) in [5, 5.41) is 41.9. The highest BCUT2D eigenvalue weighted by Crippen LogP contribution is 2.64. The Morgan fingerprint density at radius 1 is 0.937 bits per heavy atom. The normalized spacial score (nSPS) is 25.1. The minimum Gasteiger partial charge on any atom is -0.508 e. The number of ketones is 2. The number of ether oxygens (including phenoxy) is 1. The molecule has 0 radical (unpaired) electrons. The summed E-state index contributed by atoms with van der Waals surface area (Å²) in [6.45, 7) is 0.00334. The molecular formula is C51H59N3O7S2. The number of aliphatic hydroxyl groups excluding tert-OH is 2. The molecule has 9 N–H and O–H groups in total. The number of nitrogens with two attached hydrogens (primary N) is 2. The third-order valence-electron chi connectivity index (χ3n) is 14.1. The van der Waals surface area contributed by atoms with Gasteiger partial charge in [0.05, 0.1) is 31.9 Å². The molecular weight excluding hydrogens is 831 g/mol. The summed E-state index contributed by atoms with van der Waals surface area (Å²) in [6.07, 6.45) is 13.6. The molecule has 332 valence electrons. The fraction of sp³-hybridized carbons (Fsp3) is 0.451. The molecule has 63 heavy (non-hydrogen) atoms. The smallest absolute Gasteiger partial charge is 0.165 e. The van der Waals surface area contributed by atoms with Crippen LogP contribution in [0.4, 0.5) is 0 Å². The summed E-state index contributed by atoms with van der Waals surface area (Å²) in [4.78, 5) is 30.9. The van der Waals surface area contributed by atoms with Gasteiger partial charge in [0, 0.05) is 65.3 Å². The van der Waals surface area contributed by atoms with E-state index in [0.29, 0.717) is 60.7 Å². The number of hydrogen-bond donors (Lipinski definition) is 7. The number of phenols is 2. The van der Waals surface area contributed by atoms with Gasteiger partial charge in [-0.2, -0.15) is 0 Å². The standard InChI is InChI=1S/C51H59N3O7S2/c52-49(53)41-25-34-3-1-6-44-39(15-21-54-44)47(60)27-42-40(34)26-35(41)29-62-63-31-50-17-13-36(4-2-5-38(57)28-55)51(30-50,20-19-50)18-14-37(56)10-7-32-9-12-46(59)48(24-32)61-22-16-33-8-11-45(58)43(42)23-33/h8-9,11-12,14-15,18,21,23-26,36,38,42,49,54-55,57-59H,2,4-7,10,13,16-17,19-20,22,27-31,52-53H2/b18-14+/t36-,38+,42+,50+,51+/m1/s1. The highest BCUT2D eigenvalue weighted by molar-refractivity contribution is 8.76. The summed E-state index contributed by atoms with van der Waals surface area (Å²) in [6, 6.07) is 16.6. The van der Waals surface area contributed by atoms with E-state index in [9.17, 15) is 30.0 Å². The molecule has 8 bridgehead atoms. The van der Waals surface area contributed by atoms with Gasteiger partial charge in [0.15, 0.2) is 23.1 Å². The van der Waals surface area contributed by atoms with Crippen molar-refractivity contribution in [3.63, 3.8) is 0 Å². The van der Waals surface area contributed by atoms with Gasteiger partial charge in [0.2, 0.25) is 0 Å². The molecule has 0 unspecified atom stereocenters. The first-order valence-electron chi connectivity index (χ1n) is 22.3. The molecule has 2 fully saturated rings. The van der Waals surface area contributed by atoms with Crippen LogP contribution in [0, 0.1) is 28.6 Å². The Morgan fingerprint density at radius 2 is 1.76 bits per heavy atom. The number of aromatic nitrogens is 1. The first-order valence-corrected chi connectivity index (χ1v) is 24.8. The van der Waals surface area contributed by atoms with E-state index in [0.717, 1.165) is 89.8 Å². The number of benzene rings is 3. The maximum Gasteiger partial charge on any atom is 0.165 e. The van der Waals surface area contributed by atoms with Gasteiger partial charge in [0.25, 0.3) is 0 Å². The molecule has 10 nitrogen and oxygen atoms in total. The average molecular weight is 890 g/mol. The van der Waals surface area contributed by atoms with E-state index in [-0.39, 0.29) is 53.5 Å². The minimum atomic E-state index is -0.756. The Kier molecular flexibility index (Phi) is 14.1. The molecule has 1 aliphatic heterocycles. The van der Waals surface area contributed by atoms with Crippen LogP contribution in [-0.4, -0.2) is 62.0 Å². The van der Waals surface area contributed by atoms with Crippen LogP contribution in [-0.2, 0) is 29.8 Å². The third kappa shape index (κ3) is 10.3. The van der Waals surface area contributed by atoms with Crippen molar-refractivity contribution < 1.29 is 34.8 Å². The number of aryl methyl sites for hydroxylation is 1. The topological polar surface area (TPSA) is 192 Å². The van der Waals surface area contributed by atoms with Gasteiger partial charge >= 0.3 is 0 Å². The number of fused-ring (bicyclic) bond motifs is 7. The lowest BCUT2D eigenvalue weighted by Gasteiger charge is -2.44. The van der Waals surface area contributed by atoms with Crippen molar-refractivity contribution in [2.75, 3.05) is 19.0 Å². The molecule has 0 saturated heterocycles. The molecule has 5 atom stereocenters. The van der Waals surface area contributed by atoms with Gasteiger partial charge in [-0.25, -0.2) is 0 Å². The maximum atomic E-state index is 14.2. The van der Waals surface area contributed by atoms with Crippen LogP contribution in [0.1, 0.15) is 131 Å². The van der Waals surface area contributed by atoms with E-state index in [1.54, 1.807) is 41.3 Å². The predicted molar refractivity (Wildman–Crippen MR) is 250 cm³/mol. The molecule has 4 aliphatic rings. The van der Waals surface area contributed by atoms with E-state index in [2.05, 4.69) is 29.0 Å². The number of hydrogen-bond acceptors (Lipinski definition) is 11. The van der Waals surface area contributed by atoms with Gasteiger partial charge in [-0.1, -0.05) is 70.2 Å². The lowest BCUT2D eigenvalue weighted by Crippen LogP contribution is -2.35. The monoisotopic (exact) mass is 889 g/mol. The number of allylic oxidation sites excluding steroid dienone is 2. The Bertz CT molecular complexity index is 2420. The Balaban J connectivity index is 1.16. The fourth-order valence-corrected chi connectivity index (χ4v) is 13.4. The number of aromatic hydroxyl groups is 2. The zero-order valence-corrected chi connectivity index (χ0v) is 37.4. The van der Waals surface area contributed by atoms with Crippen molar-refractivity contribution in [2.45, 2.75) is 107 Å². The zero-order valence-electron chi connectivity index (χ0n) is 35.7. The number of carbonyl (C=O) groups excluding carboxylic acids is 2. The molecule has 3 aliphatic carbocycles. The van der Waals surface area contributed by atoms with Crippen LogP contribution in [0.2, 0.25) is 0 Å². The SMILES string of the molecule is NC(N)c1cc2c3cc1CSSC[C@@]14CC[C@@H](CCC[C@H](O)CO)[C@@](/C=C/C(=O)CCc5ccc(O)c(c5)OCCc5ccc(O)c(c5)[C@H]3CC(=O)c3cc[nH]c3CC#C2)(CC1)C4. The maximum absolute atomic E-state index is 14.2. The summed E-state index contributed by atoms with van der Waals surface area (Å²) in [7, 11) is 3.64. The molecule has 2 heterocycles. The van der Waals surface area contributed by atoms with E-state index in [1.807, 2.05) is 41.1 Å². The van der Waals surface area contributed by atoms with Gasteiger partial charge in [0.1, 0.15) is 5.75 Å². The van der Waals surface area contributed by atoms with Crippen LogP contribution >= 0.6 is 21.6 Å². The summed E-state index contributed by atoms with van der Waals surface area (Å²) < 4.78 is 6.15. The lowest BCUT2D eigenvalue weighted by atomic mass is 9.62. The highest BCUT2D eigenvalue weighted by Gasteiger charge is 2.53. The summed E-state index contributed by atoms with van der Waals surface area (Å²) >= 11 is 0. The van der Waals surface area contributed by atoms with Gasteiger partial charge < -0.3 is 41.6 Å². The predicted octanol–water partition coefficient (Wildman–Crippen LogP) is 8.32. The lowest BCUT2D eigenvalue weighted by molar-refractivity contribution is -0.114. The molecule has 12 heteroatoms. The number of carbonyl (C=O) groups is 2. The summed E-state index contributed by atoms with van der Waals surface area (Å²) in [5.74, 6) is 8.55. The number of nitrogens with one attached hydrogen (secondary N) is 1. The Morgan fingerprint density at radius 3 is 2.59 bits per heavy atom. The van der Waals surface area contributed by atoms with Crippen LogP contribution in [0.15, 0.2) is 72.9 Å². The van der Waals surface area contributed by atoms with E-state index in [1.165, 1.54) is 0 Å². The average Bonchev–Trinajstić information content (AvgIpc) is 3.87. The second-order valence-electron chi connectivity index (χ2n) is 18.2. The minimum absolute atomic E-state index is 0.0120. The van der Waals surface area contributed by atoms with Crippen molar-refractivity contribution in [1.29, 1.82) is 0 Å². The number of phenolic OH excluding ortho intramolecular Hbond substituents is 2. The Hall–Kier alpha value is -4.48. The highest BCUT2D eigenvalue weighted by atomic mass is 33.1. The van der Waals surface area contributed by atoms with Crippen molar-refractivity contribution in [2.24, 2.45) is 28.2 Å². The zero-order chi connectivity index (χ0) is 44.1. The van der Waals surface area contributed by atoms with Crippen molar-refractivity contribution >= 4 is 33.2 Å². The third-order valence-corrected chi connectivity index (χ3v) is 16.6. The molecule has 8 rings (SSSR count). The first-order chi connectivity index (χ1) is 30.4. The number of Topliss-reactive ketones (excluding diaryl/α,β-unsaturated/α-hetero) is 1. The second-order valence-corrected chi connectivity index (χ2v) is 20.7. The van der Waals surface area contributed by atoms with Crippen molar-refractivity contribution in [3.05, 3.63) is 123 Å². The van der Waals surface area contributed by atoms with Crippen LogP contribution in [0.3, 0.4) is 0 Å². The van der Waals surface area contributed by atoms with Crippen LogP contribution < -0.4 is 16.2 Å². The molecule has 0 amide bonds. The molecule has 4 aromatic rings. The van der Waals surface area contributed by atoms with Gasteiger partial charge in [-0.05, 0) is 132 Å². The number of H-pyrrole nitrogens is 1. The molecule has 1 aromatic heterocycles. The molecule has 0 spiro atoms. The quantitative estimate of drug-likeness (QED) is 0.0560. The van der Waals surface area contributed by atoms with E-state index in [4.69, 9.17) is 16.2 Å². The largest absolute Gasteiger partial charge is 0.508 e. The number of aliphatic hydroxyl groups is 2. The summed E-state index contributed by atoms with van der Waals surface area (Å²) in [5.41, 5.74) is 20.0. The van der Waals surface area contributed by atoms with Gasteiger partial charge in [-0.3, -0.25) is 9.59 Å². The molecule has 2 saturated carbocycles. The van der Waals surface area contributed by atoms with Crippen molar-refractivity contribution in [1.82, 2.24) is 4.98 Å². The van der Waals surface area contributed by atoms with Crippen molar-refractivity contribution in [3.8, 4) is 29.1 Å². The van der Waals surface area contributed by atoms with Crippen LogP contribution in [0.5, 0.6) is 17.2 Å². The van der Waals surface area contributed by atoms with E-state index < -0.39 is 18.2 Å². The Labute approximate surface area is 378 Å². The first kappa shape index (κ1) is 45.1. The number of aromatic amines is 1. The van der Waals surface area contributed by atoms with Crippen LogP contribution in [0.25, 0.3) is 0 Å². The number of rotatable bonds is 6. The van der Waals surface area contributed by atoms with E-state index >= 15 is 0 Å². The molecule has 3 aromatic carbocycles. The second kappa shape index (κ2) is 19.7.